The van der Waals surface area contributed by atoms with Crippen molar-refractivity contribution >= 4 is 27.3 Å². The largest absolute Gasteiger partial charge is 0.486 e. The number of hydrogen-bond acceptors (Lipinski definition) is 12. The molecular formula is C92H112N8O4Pb. The predicted octanol–water partition coefficient (Wildman–Crippen LogP) is 15.8. The maximum Gasteiger partial charge on any atom is 0.176 e. The van der Waals surface area contributed by atoms with Crippen molar-refractivity contribution in [2.24, 2.45) is 47.3 Å². The maximum absolute atomic E-state index is 8.53. The average molecular weight is 1600 g/mol. The Bertz CT molecular complexity index is 3970. The molecule has 20 unspecified atom stereocenters. The van der Waals surface area contributed by atoms with E-state index >= 15 is 0 Å². The minimum atomic E-state index is -0.831. The summed E-state index contributed by atoms with van der Waals surface area (Å²) in [6.45, 7) is 18.7. The van der Waals surface area contributed by atoms with Crippen molar-refractivity contribution < 1.29 is 18.9 Å². The number of fused-ring (bicyclic) bond motifs is 20. The molecule has 0 aromatic heterocycles. The van der Waals surface area contributed by atoms with Gasteiger partial charge in [-0.1, -0.05) is 288 Å². The second-order valence-corrected chi connectivity index (χ2v) is 34.4. The van der Waals surface area contributed by atoms with Gasteiger partial charge in [-0.05, 0) is 121 Å². The van der Waals surface area contributed by atoms with E-state index in [0.717, 1.165) is 58.1 Å². The zero-order chi connectivity index (χ0) is 70.9. The SMILES string of the molecule is CC(C)(c1ccccc1)c1ccccc1OC1C(Oc2ccccc2C(C)(C)c2ccccc2)C(Oc2ccccc2C(C)(C)c2ccccc2)C2C3NC4NC(NC5NC(NC6NC(NC(N3)C2C1Oc1ccccc1C(C)(C)c1ccccc1)C1CCCCC61)C1CCCCC51)C1CCCCC41.[Pb]. The Hall–Kier alpha value is -6.44. The van der Waals surface area contributed by atoms with Gasteiger partial charge < -0.3 is 18.9 Å². The molecule has 12 nitrogen and oxygen atoms in total. The van der Waals surface area contributed by atoms with Gasteiger partial charge in [-0.3, -0.25) is 42.5 Å². The number of rotatable bonds is 16. The first-order valence-electron chi connectivity index (χ1n) is 39.9. The minimum Gasteiger partial charge on any atom is -0.486 e. The van der Waals surface area contributed by atoms with Crippen molar-refractivity contribution in [2.75, 3.05) is 0 Å². The fourth-order valence-corrected chi connectivity index (χ4v) is 21.5. The van der Waals surface area contributed by atoms with E-state index in [-0.39, 0.29) is 88.5 Å². The second kappa shape index (κ2) is 30.2. The Balaban J connectivity index is 0.00000847. The molecule has 5 heterocycles. The summed E-state index contributed by atoms with van der Waals surface area (Å²) in [5, 5.41) is 35.8. The quantitative estimate of drug-likeness (QED) is 0.0438. The summed E-state index contributed by atoms with van der Waals surface area (Å²) in [5.74, 6) is 5.31. The third kappa shape index (κ3) is 13.7. The number of nitrogens with one attached hydrogen (secondary N) is 8. The van der Waals surface area contributed by atoms with Gasteiger partial charge in [-0.15, -0.1) is 0 Å². The van der Waals surface area contributed by atoms with E-state index in [4.69, 9.17) is 18.9 Å². The molecule has 13 heteroatoms. The molecule has 5 aliphatic heterocycles. The molecule has 8 bridgehead atoms. The Labute approximate surface area is 645 Å². The van der Waals surface area contributed by atoms with Crippen LogP contribution in [0, 0.1) is 47.3 Å². The predicted molar refractivity (Wildman–Crippen MR) is 422 cm³/mol. The van der Waals surface area contributed by atoms with Gasteiger partial charge in [0.2, 0.25) is 0 Å². The molecule has 9 fully saturated rings. The third-order valence-electron chi connectivity index (χ3n) is 27.3. The molecule has 9 aliphatic rings. The van der Waals surface area contributed by atoms with Gasteiger partial charge in [-0.25, -0.2) is 0 Å². The van der Waals surface area contributed by atoms with Crippen molar-refractivity contribution in [2.45, 2.75) is 228 Å². The summed E-state index contributed by atoms with van der Waals surface area (Å²) >= 11 is 0. The van der Waals surface area contributed by atoms with Crippen LogP contribution < -0.4 is 61.5 Å². The molecule has 4 aliphatic carbocycles. The van der Waals surface area contributed by atoms with Crippen molar-refractivity contribution in [1.29, 1.82) is 0 Å². The first kappa shape index (κ1) is 72.7. The van der Waals surface area contributed by atoms with E-state index in [1.165, 1.54) is 86.5 Å². The van der Waals surface area contributed by atoms with Gasteiger partial charge in [0.05, 0.1) is 49.3 Å². The molecular weight excluding hydrogens is 1490 g/mol. The van der Waals surface area contributed by atoms with Gasteiger partial charge in [-0.2, -0.15) is 0 Å². The van der Waals surface area contributed by atoms with Crippen molar-refractivity contribution in [3.05, 3.63) is 263 Å². The van der Waals surface area contributed by atoms with Crippen LogP contribution in [0.2, 0.25) is 0 Å². The van der Waals surface area contributed by atoms with E-state index in [2.05, 4.69) is 316 Å². The molecule has 4 saturated carbocycles. The fourth-order valence-electron chi connectivity index (χ4n) is 21.5. The van der Waals surface area contributed by atoms with Crippen LogP contribution in [0.1, 0.15) is 177 Å². The molecule has 0 amide bonds. The zero-order valence-electron chi connectivity index (χ0n) is 62.9. The normalized spacial score (nSPS) is 32.3. The topological polar surface area (TPSA) is 133 Å². The smallest absolute Gasteiger partial charge is 0.176 e. The molecule has 0 spiro atoms. The zero-order valence-corrected chi connectivity index (χ0v) is 66.8. The Morgan fingerprint density at radius 1 is 0.229 bits per heavy atom. The number of para-hydroxylation sites is 4. The summed E-state index contributed by atoms with van der Waals surface area (Å²) in [4.78, 5) is 0. The van der Waals surface area contributed by atoms with E-state index < -0.39 is 46.1 Å². The van der Waals surface area contributed by atoms with Gasteiger partial charge >= 0.3 is 0 Å². The number of ether oxygens (including phenoxy) is 4. The Morgan fingerprint density at radius 3 is 0.638 bits per heavy atom. The van der Waals surface area contributed by atoms with Crippen LogP contribution in [0.5, 0.6) is 23.0 Å². The summed E-state index contributed by atoms with van der Waals surface area (Å²) < 4.78 is 34.0. The van der Waals surface area contributed by atoms with Crippen LogP contribution in [-0.2, 0) is 21.7 Å². The summed E-state index contributed by atoms with van der Waals surface area (Å²) in [5.41, 5.74) is 7.22. The van der Waals surface area contributed by atoms with Crippen LogP contribution in [0.4, 0.5) is 0 Å². The van der Waals surface area contributed by atoms with Crippen LogP contribution in [0.25, 0.3) is 0 Å². The Kier molecular flexibility index (Phi) is 20.9. The fraction of sp³-hybridized carbons (Fsp3) is 0.478. The summed E-state index contributed by atoms with van der Waals surface area (Å²) in [6.07, 6.45) is 11.5. The third-order valence-corrected chi connectivity index (χ3v) is 27.3. The summed E-state index contributed by atoms with van der Waals surface area (Å²) in [6, 6.07) is 79.0. The van der Waals surface area contributed by atoms with Gasteiger partial charge in [0.1, 0.15) is 35.2 Å². The van der Waals surface area contributed by atoms with Gasteiger partial charge in [0, 0.05) is 83.0 Å². The van der Waals surface area contributed by atoms with Crippen LogP contribution >= 0.6 is 0 Å². The Morgan fingerprint density at radius 2 is 0.410 bits per heavy atom. The van der Waals surface area contributed by atoms with Crippen molar-refractivity contribution in [3.8, 4) is 23.0 Å². The van der Waals surface area contributed by atoms with Crippen molar-refractivity contribution in [1.82, 2.24) is 42.5 Å². The summed E-state index contributed by atoms with van der Waals surface area (Å²) in [7, 11) is 0. The molecule has 20 atom stereocenters. The minimum absolute atomic E-state index is 0. The molecule has 548 valence electrons. The van der Waals surface area contributed by atoms with Gasteiger partial charge in [0.15, 0.2) is 12.2 Å². The van der Waals surface area contributed by atoms with E-state index in [1.54, 1.807) is 0 Å². The standard InChI is InChI=1S/C92H112N8O4.Pb/c1-89(2,57-35-13-9-14-36-57)67-49-27-31-53-71(67)101-77-75-76(88-99-86-66-48-26-24-46-64(66)84(97-86)95-82-62-44-22-21-43-61(62)81(93-82)94-83-63-45-23-25-47-65(63)85(96-83)98-87(75)100-88)78(102-72-54-32-28-50-68(72)90(3,4)58-37-15-10-16-38-58)80(104-74-56-34-30-52-70(74)92(7,8)60-41-19-12-20-42-60)79(77)103-73-55-33-29-51-69(73)91(5,6)59-39-17-11-18-40-59;/h9-20,27-42,49-56,61-66,75-88,93-100H,21-26,43-48H2,1-8H3;. The van der Waals surface area contributed by atoms with E-state index in [0.29, 0.717) is 35.5 Å². The van der Waals surface area contributed by atoms with Crippen LogP contribution in [-0.4, -0.2) is 101 Å². The molecule has 17 rings (SSSR count). The molecule has 105 heavy (non-hydrogen) atoms. The van der Waals surface area contributed by atoms with Crippen molar-refractivity contribution in [3.63, 3.8) is 0 Å². The molecule has 8 aromatic rings. The number of hydrogen-bond donors (Lipinski definition) is 8. The van der Waals surface area contributed by atoms with Crippen LogP contribution in [0.15, 0.2) is 218 Å². The van der Waals surface area contributed by atoms with E-state index in [1.807, 2.05) is 0 Å². The molecule has 4 radical (unpaired) electrons. The molecule has 8 aromatic carbocycles. The monoisotopic (exact) mass is 1600 g/mol. The van der Waals surface area contributed by atoms with E-state index in [9.17, 15) is 0 Å². The van der Waals surface area contributed by atoms with Gasteiger partial charge in [0.25, 0.3) is 0 Å². The second-order valence-electron chi connectivity index (χ2n) is 34.4. The number of benzene rings is 8. The first-order chi connectivity index (χ1) is 50.6. The first-order valence-corrected chi connectivity index (χ1v) is 39.9. The maximum atomic E-state index is 8.53. The average Bonchev–Trinajstić information content (AvgIpc) is 1.60. The van der Waals surface area contributed by atoms with Crippen LogP contribution in [0.3, 0.4) is 0 Å². The molecule has 8 N–H and O–H groups in total. The molecule has 5 saturated heterocycles.